The number of likely N-dealkylation sites (N-methyl/N-ethyl adjacent to an activating group) is 1. The molecule has 0 amide bonds. The number of ether oxygens (including phenoxy) is 1. The largest absolute Gasteiger partial charge is 0.379 e. The zero-order valence-corrected chi connectivity index (χ0v) is 11.0. The van der Waals surface area contributed by atoms with Gasteiger partial charge in [-0.15, -0.1) is 11.3 Å². The van der Waals surface area contributed by atoms with Crippen molar-refractivity contribution in [3.63, 3.8) is 0 Å². The maximum absolute atomic E-state index is 5.57. The molecule has 0 saturated carbocycles. The van der Waals surface area contributed by atoms with Crippen molar-refractivity contribution in [1.82, 2.24) is 5.32 Å². The predicted molar refractivity (Wildman–Crippen MR) is 66.5 cm³/mol. The Morgan fingerprint density at radius 1 is 1.33 bits per heavy atom. The highest BCUT2D eigenvalue weighted by Gasteiger charge is 2.25. The second kappa shape index (κ2) is 5.64. The zero-order valence-electron chi connectivity index (χ0n) is 10.2. The normalized spacial score (nSPS) is 15.6. The molecule has 1 aromatic heterocycles. The van der Waals surface area contributed by atoms with Crippen molar-refractivity contribution < 1.29 is 4.74 Å². The van der Waals surface area contributed by atoms with Crippen LogP contribution in [0.2, 0.25) is 0 Å². The Morgan fingerprint density at radius 3 is 2.33 bits per heavy atom. The molecule has 86 valence electrons. The van der Waals surface area contributed by atoms with E-state index in [1.807, 2.05) is 18.4 Å². The maximum Gasteiger partial charge on any atom is 0.0796 e. The molecule has 0 aliphatic carbocycles. The highest BCUT2D eigenvalue weighted by atomic mass is 32.1. The lowest BCUT2D eigenvalue weighted by Gasteiger charge is -2.28. The van der Waals surface area contributed by atoms with Crippen molar-refractivity contribution in [1.29, 1.82) is 0 Å². The van der Waals surface area contributed by atoms with Gasteiger partial charge in [0.25, 0.3) is 0 Å². The molecule has 1 rings (SSSR count). The lowest BCUT2D eigenvalue weighted by Crippen LogP contribution is -2.34. The molecule has 0 bridgehead atoms. The summed E-state index contributed by atoms with van der Waals surface area (Å²) in [4.78, 5) is 2.71. The molecular formula is C12H21NOS. The Balaban J connectivity index is 2.86. The number of aryl methyl sites for hydroxylation is 1. The molecule has 0 spiro atoms. The van der Waals surface area contributed by atoms with Crippen LogP contribution in [0.15, 0.2) is 12.1 Å². The third-order valence-corrected chi connectivity index (χ3v) is 3.72. The quantitative estimate of drug-likeness (QED) is 0.835. The van der Waals surface area contributed by atoms with E-state index in [4.69, 9.17) is 4.74 Å². The van der Waals surface area contributed by atoms with Gasteiger partial charge in [-0.25, -0.2) is 0 Å². The van der Waals surface area contributed by atoms with E-state index in [0.29, 0.717) is 12.0 Å². The van der Waals surface area contributed by atoms with Gasteiger partial charge in [0.05, 0.1) is 12.1 Å². The van der Waals surface area contributed by atoms with Crippen LogP contribution in [0.25, 0.3) is 0 Å². The van der Waals surface area contributed by atoms with E-state index in [9.17, 15) is 0 Å². The summed E-state index contributed by atoms with van der Waals surface area (Å²) < 4.78 is 5.57. The molecule has 0 aliphatic rings. The zero-order chi connectivity index (χ0) is 11.4. The average molecular weight is 227 g/mol. The van der Waals surface area contributed by atoms with Crippen LogP contribution in [0.1, 0.15) is 29.6 Å². The average Bonchev–Trinajstić information content (AvgIpc) is 2.60. The number of hydrogen-bond acceptors (Lipinski definition) is 3. The van der Waals surface area contributed by atoms with Crippen molar-refractivity contribution in [3.8, 4) is 0 Å². The van der Waals surface area contributed by atoms with Crippen molar-refractivity contribution in [2.45, 2.75) is 32.9 Å². The summed E-state index contributed by atoms with van der Waals surface area (Å²) in [5.41, 5.74) is 0. The first-order valence-corrected chi connectivity index (χ1v) is 6.18. The van der Waals surface area contributed by atoms with E-state index < -0.39 is 0 Å². The van der Waals surface area contributed by atoms with Crippen molar-refractivity contribution in [2.75, 3.05) is 14.2 Å². The van der Waals surface area contributed by atoms with Crippen LogP contribution in [0.3, 0.4) is 0 Å². The second-order valence-corrected chi connectivity index (χ2v) is 5.48. The number of nitrogens with one attached hydrogen (secondary N) is 1. The Bertz CT molecular complexity index is 296. The molecule has 0 aliphatic heterocycles. The van der Waals surface area contributed by atoms with Crippen LogP contribution < -0.4 is 5.32 Å². The summed E-state index contributed by atoms with van der Waals surface area (Å²) in [6.45, 7) is 6.52. The van der Waals surface area contributed by atoms with Gasteiger partial charge in [-0.1, -0.05) is 13.8 Å². The van der Waals surface area contributed by atoms with E-state index in [2.05, 4.69) is 38.2 Å². The van der Waals surface area contributed by atoms with Gasteiger partial charge in [-0.3, -0.25) is 0 Å². The molecule has 1 aromatic rings. The first-order valence-electron chi connectivity index (χ1n) is 5.36. The summed E-state index contributed by atoms with van der Waals surface area (Å²) in [6, 6.07) is 4.65. The minimum absolute atomic E-state index is 0.230. The molecule has 0 radical (unpaired) electrons. The van der Waals surface area contributed by atoms with Gasteiger partial charge in [0, 0.05) is 16.9 Å². The standard InChI is InChI=1S/C12H21NOS/c1-8(2)12(14-5)11(13-4)10-7-6-9(3)15-10/h6-8,11-13H,1-5H3. The van der Waals surface area contributed by atoms with Crippen LogP contribution >= 0.6 is 11.3 Å². The summed E-state index contributed by atoms with van der Waals surface area (Å²) in [7, 11) is 3.78. The van der Waals surface area contributed by atoms with Crippen LogP contribution in [0.4, 0.5) is 0 Å². The molecular weight excluding hydrogens is 206 g/mol. The van der Waals surface area contributed by atoms with E-state index in [-0.39, 0.29) is 6.10 Å². The number of thiophene rings is 1. The first-order chi connectivity index (χ1) is 7.10. The summed E-state index contributed by atoms with van der Waals surface area (Å²) in [5.74, 6) is 0.509. The molecule has 15 heavy (non-hydrogen) atoms. The fourth-order valence-electron chi connectivity index (χ4n) is 1.88. The minimum Gasteiger partial charge on any atom is -0.379 e. The van der Waals surface area contributed by atoms with Crippen LogP contribution in [0.5, 0.6) is 0 Å². The fraction of sp³-hybridized carbons (Fsp3) is 0.667. The van der Waals surface area contributed by atoms with Gasteiger partial charge in [0.2, 0.25) is 0 Å². The van der Waals surface area contributed by atoms with Crippen LogP contribution in [-0.2, 0) is 4.74 Å². The Labute approximate surface area is 96.7 Å². The number of hydrogen-bond donors (Lipinski definition) is 1. The second-order valence-electron chi connectivity index (χ2n) is 4.16. The monoisotopic (exact) mass is 227 g/mol. The van der Waals surface area contributed by atoms with Gasteiger partial charge in [-0.2, -0.15) is 0 Å². The molecule has 2 atom stereocenters. The smallest absolute Gasteiger partial charge is 0.0796 e. The molecule has 0 saturated heterocycles. The predicted octanol–water partition coefficient (Wildman–Crippen LogP) is 2.99. The molecule has 3 heteroatoms. The van der Waals surface area contributed by atoms with Gasteiger partial charge in [0.1, 0.15) is 0 Å². The van der Waals surface area contributed by atoms with E-state index in [0.717, 1.165) is 0 Å². The third kappa shape index (κ3) is 3.03. The van der Waals surface area contributed by atoms with Crippen LogP contribution in [-0.4, -0.2) is 20.3 Å². The molecule has 1 heterocycles. The SMILES string of the molecule is CNC(c1ccc(C)s1)C(OC)C(C)C. The Hall–Kier alpha value is -0.380. The number of rotatable bonds is 5. The molecule has 0 aromatic carbocycles. The topological polar surface area (TPSA) is 21.3 Å². The molecule has 1 N–H and O–H groups in total. The van der Waals surface area contributed by atoms with Gasteiger partial charge < -0.3 is 10.1 Å². The van der Waals surface area contributed by atoms with Gasteiger partial charge in [-0.05, 0) is 32.0 Å². The Morgan fingerprint density at radius 2 is 2.00 bits per heavy atom. The van der Waals surface area contributed by atoms with Crippen molar-refractivity contribution in [3.05, 3.63) is 21.9 Å². The van der Waals surface area contributed by atoms with Gasteiger partial charge >= 0.3 is 0 Å². The number of methoxy groups -OCH3 is 1. The van der Waals surface area contributed by atoms with Crippen LogP contribution in [0, 0.1) is 12.8 Å². The van der Waals surface area contributed by atoms with E-state index in [1.165, 1.54) is 9.75 Å². The van der Waals surface area contributed by atoms with Crippen molar-refractivity contribution in [2.24, 2.45) is 5.92 Å². The third-order valence-electron chi connectivity index (χ3n) is 2.64. The first kappa shape index (κ1) is 12.7. The summed E-state index contributed by atoms with van der Waals surface area (Å²) in [6.07, 6.45) is 0.230. The highest BCUT2D eigenvalue weighted by Crippen LogP contribution is 2.29. The molecule has 0 fully saturated rings. The van der Waals surface area contributed by atoms with E-state index >= 15 is 0 Å². The summed E-state index contributed by atoms with van der Waals surface area (Å²) in [5, 5.41) is 3.35. The fourth-order valence-corrected chi connectivity index (χ4v) is 2.91. The Kier molecular flexibility index (Phi) is 4.77. The van der Waals surface area contributed by atoms with Gasteiger partial charge in [0.15, 0.2) is 0 Å². The lowest BCUT2D eigenvalue weighted by molar-refractivity contribution is 0.0358. The molecule has 2 nitrogen and oxygen atoms in total. The van der Waals surface area contributed by atoms with Crippen molar-refractivity contribution >= 4 is 11.3 Å². The van der Waals surface area contributed by atoms with E-state index in [1.54, 1.807) is 7.11 Å². The maximum atomic E-state index is 5.57. The molecule has 2 unspecified atom stereocenters. The highest BCUT2D eigenvalue weighted by molar-refractivity contribution is 7.12. The minimum atomic E-state index is 0.230. The summed E-state index contributed by atoms with van der Waals surface area (Å²) >= 11 is 1.84. The lowest BCUT2D eigenvalue weighted by atomic mass is 9.98.